The van der Waals surface area contributed by atoms with Crippen LogP contribution in [0.5, 0.6) is 0 Å². The monoisotopic (exact) mass is 348 g/mol. The van der Waals surface area contributed by atoms with Gasteiger partial charge in [0.1, 0.15) is 5.60 Å². The van der Waals surface area contributed by atoms with Crippen molar-refractivity contribution in [1.29, 1.82) is 0 Å². The Balaban J connectivity index is 2.40. The van der Waals surface area contributed by atoms with Gasteiger partial charge in [-0.15, -0.1) is 0 Å². The smallest absolute Gasteiger partial charge is 0.306 e. The number of carboxylic acids is 1. The Morgan fingerprint density at radius 2 is 1.60 bits per heavy atom. The van der Waals surface area contributed by atoms with E-state index in [-0.39, 0.29) is 12.4 Å². The highest BCUT2D eigenvalue weighted by Gasteiger charge is 2.21. The van der Waals surface area contributed by atoms with Gasteiger partial charge in [0.15, 0.2) is 0 Å². The number of aliphatic carboxylic acids is 1. The van der Waals surface area contributed by atoms with Crippen molar-refractivity contribution >= 4 is 11.9 Å². The molecule has 1 rings (SSSR count). The van der Waals surface area contributed by atoms with Crippen LogP contribution in [0.3, 0.4) is 0 Å². The van der Waals surface area contributed by atoms with Crippen LogP contribution >= 0.6 is 0 Å². The molecule has 140 valence electrons. The van der Waals surface area contributed by atoms with E-state index in [1.165, 1.54) is 11.1 Å². The van der Waals surface area contributed by atoms with Gasteiger partial charge in [-0.2, -0.15) is 0 Å². The number of aryl methyl sites for hydroxylation is 2. The zero-order chi connectivity index (χ0) is 18.9. The van der Waals surface area contributed by atoms with Gasteiger partial charge in [0, 0.05) is 6.42 Å². The van der Waals surface area contributed by atoms with Crippen LogP contribution in [0, 0.1) is 5.92 Å². The predicted octanol–water partition coefficient (Wildman–Crippen LogP) is 4.78. The molecule has 4 heteroatoms. The predicted molar refractivity (Wildman–Crippen MR) is 99.6 cm³/mol. The van der Waals surface area contributed by atoms with Gasteiger partial charge in [-0.05, 0) is 64.0 Å². The van der Waals surface area contributed by atoms with Crippen LogP contribution in [-0.4, -0.2) is 22.6 Å². The highest BCUT2D eigenvalue weighted by atomic mass is 16.6. The van der Waals surface area contributed by atoms with Crippen molar-refractivity contribution in [3.8, 4) is 0 Å². The van der Waals surface area contributed by atoms with E-state index < -0.39 is 17.5 Å². The fourth-order valence-electron chi connectivity index (χ4n) is 2.79. The molecule has 25 heavy (non-hydrogen) atoms. The van der Waals surface area contributed by atoms with Crippen LogP contribution in [0.25, 0.3) is 0 Å². The maximum absolute atomic E-state index is 11.8. The van der Waals surface area contributed by atoms with Crippen LogP contribution in [0.1, 0.15) is 70.9 Å². The van der Waals surface area contributed by atoms with Gasteiger partial charge < -0.3 is 9.84 Å². The Hall–Kier alpha value is -1.84. The largest absolute Gasteiger partial charge is 0.481 e. The van der Waals surface area contributed by atoms with Crippen molar-refractivity contribution < 1.29 is 19.4 Å². The van der Waals surface area contributed by atoms with E-state index in [4.69, 9.17) is 4.74 Å². The summed E-state index contributed by atoms with van der Waals surface area (Å²) in [7, 11) is 0. The lowest BCUT2D eigenvalue weighted by molar-refractivity contribution is -0.155. The standard InChI is InChI=1S/C21H32O4/c1-5-7-16-10-12-17(13-11-16)8-6-9-18(20(23)24)14-15-19(22)25-21(2,3)4/h10-13,18H,5-9,14-15H2,1-4H3,(H,23,24). The molecule has 0 aliphatic rings. The van der Waals surface area contributed by atoms with Crippen molar-refractivity contribution in [2.24, 2.45) is 5.92 Å². The number of carbonyl (C=O) groups excluding carboxylic acids is 1. The van der Waals surface area contributed by atoms with Crippen LogP contribution in [0.15, 0.2) is 24.3 Å². The third-order valence-electron chi connectivity index (χ3n) is 4.05. The Kier molecular flexibility index (Phi) is 8.67. The Labute approximate surface area is 151 Å². The number of hydrogen-bond acceptors (Lipinski definition) is 3. The van der Waals surface area contributed by atoms with E-state index in [1.54, 1.807) is 0 Å². The van der Waals surface area contributed by atoms with E-state index in [0.717, 1.165) is 25.7 Å². The second kappa shape index (κ2) is 10.2. The van der Waals surface area contributed by atoms with Crippen LogP contribution < -0.4 is 0 Å². The number of hydrogen-bond donors (Lipinski definition) is 1. The van der Waals surface area contributed by atoms with E-state index in [2.05, 4.69) is 31.2 Å². The highest BCUT2D eigenvalue weighted by Crippen LogP contribution is 2.18. The molecular formula is C21H32O4. The SMILES string of the molecule is CCCc1ccc(CCCC(CCC(=O)OC(C)(C)C)C(=O)O)cc1. The Morgan fingerprint density at radius 1 is 1.04 bits per heavy atom. The van der Waals surface area contributed by atoms with Crippen LogP contribution in [0.4, 0.5) is 0 Å². The lowest BCUT2D eigenvalue weighted by atomic mass is 9.95. The maximum Gasteiger partial charge on any atom is 0.306 e. The summed E-state index contributed by atoms with van der Waals surface area (Å²) in [5, 5.41) is 9.36. The first-order valence-corrected chi connectivity index (χ1v) is 9.23. The molecule has 1 aromatic rings. The average Bonchev–Trinajstić information content (AvgIpc) is 2.50. The Morgan fingerprint density at radius 3 is 2.08 bits per heavy atom. The van der Waals surface area contributed by atoms with Crippen molar-refractivity contribution in [2.45, 2.75) is 78.2 Å². The second-order valence-electron chi connectivity index (χ2n) is 7.62. The number of carbonyl (C=O) groups is 2. The third kappa shape index (κ3) is 9.28. The highest BCUT2D eigenvalue weighted by molar-refractivity contribution is 5.73. The minimum Gasteiger partial charge on any atom is -0.481 e. The van der Waals surface area contributed by atoms with Crippen LogP contribution in [0.2, 0.25) is 0 Å². The van der Waals surface area contributed by atoms with Crippen molar-refractivity contribution in [3.63, 3.8) is 0 Å². The molecule has 0 aliphatic carbocycles. The molecule has 0 saturated heterocycles. The van der Waals surface area contributed by atoms with Crippen LogP contribution in [-0.2, 0) is 27.2 Å². The average molecular weight is 348 g/mol. The summed E-state index contributed by atoms with van der Waals surface area (Å²) in [6.07, 6.45) is 4.96. The molecule has 1 aromatic carbocycles. The van der Waals surface area contributed by atoms with Crippen molar-refractivity contribution in [1.82, 2.24) is 0 Å². The third-order valence-corrected chi connectivity index (χ3v) is 4.05. The molecule has 1 unspecified atom stereocenters. The molecule has 0 saturated carbocycles. The first-order valence-electron chi connectivity index (χ1n) is 9.23. The fraction of sp³-hybridized carbons (Fsp3) is 0.619. The molecule has 0 aromatic heterocycles. The number of esters is 1. The van der Waals surface area contributed by atoms with E-state index >= 15 is 0 Å². The summed E-state index contributed by atoms with van der Waals surface area (Å²) in [4.78, 5) is 23.2. The normalized spacial score (nSPS) is 12.6. The molecule has 0 amide bonds. The summed E-state index contributed by atoms with van der Waals surface area (Å²) in [6, 6.07) is 8.55. The fourth-order valence-corrected chi connectivity index (χ4v) is 2.79. The van der Waals surface area contributed by atoms with Gasteiger partial charge in [0.2, 0.25) is 0 Å². The minimum atomic E-state index is -0.832. The number of rotatable bonds is 10. The maximum atomic E-state index is 11.8. The zero-order valence-electron chi connectivity index (χ0n) is 16.0. The first kappa shape index (κ1) is 21.2. The van der Waals surface area contributed by atoms with E-state index in [1.807, 2.05) is 20.8 Å². The molecule has 0 bridgehead atoms. The number of benzene rings is 1. The molecule has 0 fully saturated rings. The lowest BCUT2D eigenvalue weighted by Gasteiger charge is -2.20. The number of ether oxygens (including phenoxy) is 1. The molecule has 0 radical (unpaired) electrons. The molecule has 1 atom stereocenters. The molecule has 0 spiro atoms. The molecule has 0 aliphatic heterocycles. The molecular weight excluding hydrogens is 316 g/mol. The van der Waals surface area contributed by atoms with Crippen molar-refractivity contribution in [3.05, 3.63) is 35.4 Å². The zero-order valence-corrected chi connectivity index (χ0v) is 16.0. The quantitative estimate of drug-likeness (QED) is 0.618. The number of carboxylic acid groups (broad SMARTS) is 1. The van der Waals surface area contributed by atoms with Gasteiger partial charge in [-0.1, -0.05) is 37.6 Å². The van der Waals surface area contributed by atoms with Gasteiger partial charge in [-0.3, -0.25) is 9.59 Å². The van der Waals surface area contributed by atoms with E-state index in [9.17, 15) is 14.7 Å². The van der Waals surface area contributed by atoms with Gasteiger partial charge in [0.25, 0.3) is 0 Å². The van der Waals surface area contributed by atoms with Crippen molar-refractivity contribution in [2.75, 3.05) is 0 Å². The van der Waals surface area contributed by atoms with E-state index in [0.29, 0.717) is 12.8 Å². The second-order valence-corrected chi connectivity index (χ2v) is 7.62. The lowest BCUT2D eigenvalue weighted by Crippen LogP contribution is -2.25. The summed E-state index contributed by atoms with van der Waals surface area (Å²) >= 11 is 0. The Bertz CT molecular complexity index is 540. The topological polar surface area (TPSA) is 63.6 Å². The summed E-state index contributed by atoms with van der Waals surface area (Å²) in [5.74, 6) is -1.65. The summed E-state index contributed by atoms with van der Waals surface area (Å²) < 4.78 is 5.24. The molecule has 1 N–H and O–H groups in total. The summed E-state index contributed by atoms with van der Waals surface area (Å²) in [6.45, 7) is 7.60. The van der Waals surface area contributed by atoms with Gasteiger partial charge in [0.05, 0.1) is 5.92 Å². The molecule has 0 heterocycles. The van der Waals surface area contributed by atoms with Gasteiger partial charge in [-0.25, -0.2) is 0 Å². The summed E-state index contributed by atoms with van der Waals surface area (Å²) in [5.41, 5.74) is 2.04. The first-order chi connectivity index (χ1) is 11.7. The minimum absolute atomic E-state index is 0.153. The molecule has 4 nitrogen and oxygen atoms in total. The van der Waals surface area contributed by atoms with Gasteiger partial charge >= 0.3 is 11.9 Å².